The number of hydrogen-bond acceptors (Lipinski definition) is 3. The Morgan fingerprint density at radius 1 is 0.547 bits per heavy atom. The zero-order valence-corrected chi connectivity index (χ0v) is 38.4. The number of thiophene rings is 1. The Bertz CT molecular complexity index is 3830. The molecule has 0 atom stereocenters. The van der Waals surface area contributed by atoms with Crippen LogP contribution in [0.3, 0.4) is 0 Å². The maximum Gasteiger partial charge on any atom is 0.197 e. The van der Waals surface area contributed by atoms with Crippen molar-refractivity contribution in [3.63, 3.8) is 0 Å². The summed E-state index contributed by atoms with van der Waals surface area (Å²) in [5.41, 5.74) is 20.4. The number of aromatic nitrogens is 1. The first-order valence-corrected chi connectivity index (χ1v) is 23.5. The van der Waals surface area contributed by atoms with Crippen LogP contribution in [0, 0.1) is 0 Å². The Balaban J connectivity index is 1.11. The van der Waals surface area contributed by atoms with Gasteiger partial charge in [0.2, 0.25) is 0 Å². The monoisotopic (exact) mass is 843 g/mol. The molecule has 0 fully saturated rings. The molecular weight excluding hydrogens is 796 g/mol. The second-order valence-corrected chi connectivity index (χ2v) is 22.0. The van der Waals surface area contributed by atoms with E-state index in [-0.39, 0.29) is 16.2 Å². The number of nitrogens with zero attached hydrogens (tertiary/aromatic N) is 1. The van der Waals surface area contributed by atoms with E-state index in [9.17, 15) is 0 Å². The average molecular weight is 844 g/mol. The summed E-state index contributed by atoms with van der Waals surface area (Å²) in [4.78, 5) is 0. The predicted molar refractivity (Wildman–Crippen MR) is 276 cm³/mol. The molecule has 0 saturated carbocycles. The fourth-order valence-corrected chi connectivity index (χ4v) is 12.1. The number of nitrogens with one attached hydrogen (secondary N) is 1. The van der Waals surface area contributed by atoms with E-state index in [1.807, 2.05) is 11.3 Å². The van der Waals surface area contributed by atoms with Gasteiger partial charge in [0.25, 0.3) is 0 Å². The number of rotatable bonds is 3. The summed E-state index contributed by atoms with van der Waals surface area (Å²) < 4.78 is 11.9. The van der Waals surface area contributed by atoms with Crippen molar-refractivity contribution in [3.05, 3.63) is 162 Å². The van der Waals surface area contributed by atoms with Crippen LogP contribution in [0.1, 0.15) is 77.6 Å². The minimum Gasteiger partial charge on any atom is -0.456 e. The molecule has 0 unspecified atom stereocenters. The average Bonchev–Trinajstić information content (AvgIpc) is 3.98. The highest BCUT2D eigenvalue weighted by Gasteiger charge is 2.38. The van der Waals surface area contributed by atoms with Crippen LogP contribution in [0.4, 0.5) is 11.4 Å². The summed E-state index contributed by atoms with van der Waals surface area (Å²) >= 11 is 1.89. The Morgan fingerprint density at radius 3 is 2.11 bits per heavy atom. The fourth-order valence-electron chi connectivity index (χ4n) is 11.0. The third kappa shape index (κ3) is 5.34. The van der Waals surface area contributed by atoms with Crippen LogP contribution in [-0.4, -0.2) is 11.8 Å². The summed E-state index contributed by atoms with van der Waals surface area (Å²) in [5.74, 6) is 0. The number of fused-ring (bicyclic) bond motifs is 14. The number of hydrogen-bond donors (Lipinski definition) is 1. The van der Waals surface area contributed by atoms with Gasteiger partial charge in [-0.05, 0) is 110 Å². The summed E-state index contributed by atoms with van der Waals surface area (Å²) in [6.45, 7) is 18.4. The second kappa shape index (κ2) is 12.8. The van der Waals surface area contributed by atoms with Gasteiger partial charge >= 0.3 is 0 Å². The Kier molecular flexibility index (Phi) is 7.59. The number of benzene rings is 8. The highest BCUT2D eigenvalue weighted by molar-refractivity contribution is 7.25. The van der Waals surface area contributed by atoms with Gasteiger partial charge < -0.3 is 14.3 Å². The molecule has 3 nitrogen and oxygen atoms in total. The van der Waals surface area contributed by atoms with Gasteiger partial charge in [-0.3, -0.25) is 0 Å². The van der Waals surface area contributed by atoms with E-state index in [0.29, 0.717) is 0 Å². The van der Waals surface area contributed by atoms with Crippen molar-refractivity contribution in [3.8, 4) is 27.9 Å². The summed E-state index contributed by atoms with van der Waals surface area (Å²) in [6, 6.07) is 52.8. The van der Waals surface area contributed by atoms with Crippen molar-refractivity contribution in [2.75, 3.05) is 5.32 Å². The van der Waals surface area contributed by atoms with E-state index in [1.54, 1.807) is 0 Å². The van der Waals surface area contributed by atoms with Crippen LogP contribution in [0.25, 0.3) is 91.9 Å². The number of furan rings is 1. The van der Waals surface area contributed by atoms with Crippen molar-refractivity contribution >= 4 is 105 Å². The Labute approximate surface area is 378 Å². The molecule has 2 aliphatic rings. The molecule has 64 heavy (non-hydrogen) atoms. The predicted octanol–water partition coefficient (Wildman–Crippen LogP) is 15.3. The maximum absolute atomic E-state index is 6.69. The van der Waals surface area contributed by atoms with Crippen LogP contribution < -0.4 is 16.2 Å². The lowest BCUT2D eigenvalue weighted by molar-refractivity contribution is 0.590. The van der Waals surface area contributed by atoms with Crippen LogP contribution in [0.2, 0.25) is 0 Å². The van der Waals surface area contributed by atoms with Gasteiger partial charge in [-0.15, -0.1) is 11.3 Å². The Morgan fingerprint density at radius 2 is 1.30 bits per heavy atom. The standard InChI is InChI=1S/C59H48BN2OS/c1-57(2,3)32-17-20-34(21-18-32)61-48-30-52-43(42-25-33(58(4,5)6)19-24-51(42)63-52)26-40(48)37-22-23-38-41-27-44-36-14-10-12-16-53(36)64-54(44)31-49(41)62-50-29-46-39(28-47(50)60-55(37)56(38)62)35-13-9-11-15-45(35)59(46,7)8/h9-31,61H,1-8H3. The minimum atomic E-state index is -0.120. The molecule has 4 heterocycles. The van der Waals surface area contributed by atoms with E-state index in [1.165, 1.54) is 97.5 Å². The van der Waals surface area contributed by atoms with Crippen molar-refractivity contribution in [2.45, 2.75) is 71.6 Å². The minimum absolute atomic E-state index is 0.00297. The van der Waals surface area contributed by atoms with Crippen LogP contribution >= 0.6 is 11.3 Å². The van der Waals surface area contributed by atoms with Crippen molar-refractivity contribution in [1.82, 2.24) is 4.57 Å². The molecule has 11 aromatic rings. The largest absolute Gasteiger partial charge is 0.456 e. The van der Waals surface area contributed by atoms with E-state index in [2.05, 4.69) is 212 Å². The van der Waals surface area contributed by atoms with E-state index in [0.717, 1.165) is 38.9 Å². The highest BCUT2D eigenvalue weighted by atomic mass is 32.1. The molecule has 0 amide bonds. The SMILES string of the molecule is CC(C)(C)c1ccc(Nc2cc3oc4ccc(C(C)(C)C)cc4c3cc2-c2ccc3c4cc5c(cc4n4c3c2[B]c2cc3c(cc2-4)C(C)(C)c2ccccc2-3)sc2ccccc25)cc1. The Hall–Kier alpha value is -6.56. The summed E-state index contributed by atoms with van der Waals surface area (Å²) in [7, 11) is 2.48. The summed E-state index contributed by atoms with van der Waals surface area (Å²) in [5, 5.41) is 11.4. The van der Waals surface area contributed by atoms with E-state index >= 15 is 0 Å². The fraction of sp³-hybridized carbons (Fsp3) is 0.186. The lowest BCUT2D eigenvalue weighted by Crippen LogP contribution is -2.37. The topological polar surface area (TPSA) is 30.1 Å². The molecule has 0 spiro atoms. The maximum atomic E-state index is 6.69. The molecule has 0 bridgehead atoms. The van der Waals surface area contributed by atoms with E-state index < -0.39 is 0 Å². The van der Waals surface area contributed by atoms with Gasteiger partial charge in [-0.1, -0.05) is 140 Å². The molecule has 0 saturated heterocycles. The molecule has 13 rings (SSSR count). The molecular formula is C59H48BN2OS. The van der Waals surface area contributed by atoms with Gasteiger partial charge in [0.15, 0.2) is 7.28 Å². The van der Waals surface area contributed by atoms with Crippen molar-refractivity contribution in [1.29, 1.82) is 0 Å². The lowest BCUT2D eigenvalue weighted by Gasteiger charge is -2.27. The van der Waals surface area contributed by atoms with Crippen LogP contribution in [-0.2, 0) is 16.2 Å². The molecule has 1 N–H and O–H groups in total. The molecule has 1 aliphatic heterocycles. The summed E-state index contributed by atoms with van der Waals surface area (Å²) in [6.07, 6.45) is 0. The van der Waals surface area contributed by atoms with Gasteiger partial charge in [-0.2, -0.15) is 0 Å². The van der Waals surface area contributed by atoms with Crippen LogP contribution in [0.5, 0.6) is 0 Å². The van der Waals surface area contributed by atoms with Gasteiger partial charge in [0.1, 0.15) is 11.2 Å². The van der Waals surface area contributed by atoms with Crippen LogP contribution in [0.15, 0.2) is 144 Å². The van der Waals surface area contributed by atoms with Gasteiger partial charge in [-0.25, -0.2) is 0 Å². The molecule has 5 heteroatoms. The van der Waals surface area contributed by atoms with Crippen molar-refractivity contribution < 1.29 is 4.42 Å². The third-order valence-corrected chi connectivity index (χ3v) is 15.7. The first-order chi connectivity index (χ1) is 30.7. The van der Waals surface area contributed by atoms with E-state index in [4.69, 9.17) is 4.42 Å². The highest BCUT2D eigenvalue weighted by Crippen LogP contribution is 2.50. The molecule has 1 radical (unpaired) electrons. The van der Waals surface area contributed by atoms with Crippen molar-refractivity contribution in [2.24, 2.45) is 0 Å². The molecule has 8 aromatic carbocycles. The third-order valence-electron chi connectivity index (χ3n) is 14.5. The zero-order valence-electron chi connectivity index (χ0n) is 37.6. The molecule has 309 valence electrons. The molecule has 1 aliphatic carbocycles. The van der Waals surface area contributed by atoms with Gasteiger partial charge in [0.05, 0.1) is 11.2 Å². The van der Waals surface area contributed by atoms with Gasteiger partial charge in [0, 0.05) is 75.7 Å². The quantitative estimate of drug-likeness (QED) is 0.180. The smallest absolute Gasteiger partial charge is 0.197 e. The number of anilines is 2. The lowest BCUT2D eigenvalue weighted by atomic mass is 9.58. The normalized spacial score (nSPS) is 14.2. The zero-order chi connectivity index (χ0) is 43.6. The first-order valence-electron chi connectivity index (χ1n) is 22.7. The molecule has 3 aromatic heterocycles. The first kappa shape index (κ1) is 38.0. The second-order valence-electron chi connectivity index (χ2n) is 20.9.